The minimum atomic E-state index is 0.641. The molecule has 5 heteroatoms. The Hall–Kier alpha value is -1.36. The first-order valence-electron chi connectivity index (χ1n) is 7.66. The quantitative estimate of drug-likeness (QED) is 0.861. The normalized spacial score (nSPS) is 19.3. The second-order valence-corrected chi connectivity index (χ2v) is 5.57. The Labute approximate surface area is 122 Å². The molecule has 1 atom stereocenters. The molecule has 1 saturated heterocycles. The van der Waals surface area contributed by atoms with Gasteiger partial charge in [0, 0.05) is 31.7 Å². The number of likely N-dealkylation sites (tertiary alicyclic amines) is 1. The highest BCUT2D eigenvalue weighted by molar-refractivity contribution is 5.58. The van der Waals surface area contributed by atoms with Gasteiger partial charge in [-0.25, -0.2) is 9.97 Å². The second-order valence-electron chi connectivity index (χ2n) is 5.57. The average Bonchev–Trinajstić information content (AvgIpc) is 2.84. The van der Waals surface area contributed by atoms with Crippen molar-refractivity contribution in [3.8, 4) is 0 Å². The maximum Gasteiger partial charge on any atom is 0.137 e. The number of aromatic nitrogens is 2. The third-order valence-electron chi connectivity index (χ3n) is 4.14. The van der Waals surface area contributed by atoms with Crippen molar-refractivity contribution >= 4 is 11.6 Å². The number of hydrogen-bond donors (Lipinski definition) is 1. The van der Waals surface area contributed by atoms with E-state index in [4.69, 9.17) is 0 Å². The van der Waals surface area contributed by atoms with Crippen molar-refractivity contribution < 1.29 is 0 Å². The Balaban J connectivity index is 2.16. The zero-order valence-corrected chi connectivity index (χ0v) is 13.2. The highest BCUT2D eigenvalue weighted by atomic mass is 15.2. The molecule has 1 fully saturated rings. The van der Waals surface area contributed by atoms with Crippen molar-refractivity contribution in [3.63, 3.8) is 0 Å². The molecule has 0 aliphatic carbocycles. The lowest BCUT2D eigenvalue weighted by molar-refractivity contribution is 0.314. The maximum atomic E-state index is 4.52. The summed E-state index contributed by atoms with van der Waals surface area (Å²) in [7, 11) is 4.36. The van der Waals surface area contributed by atoms with Crippen LogP contribution in [-0.4, -0.2) is 54.6 Å². The minimum absolute atomic E-state index is 0.641. The Morgan fingerprint density at radius 3 is 2.80 bits per heavy atom. The van der Waals surface area contributed by atoms with E-state index >= 15 is 0 Å². The molecule has 0 aromatic carbocycles. The van der Waals surface area contributed by atoms with Crippen molar-refractivity contribution in [2.24, 2.45) is 0 Å². The van der Waals surface area contributed by atoms with Crippen molar-refractivity contribution in [2.75, 3.05) is 43.9 Å². The maximum absolute atomic E-state index is 4.52. The van der Waals surface area contributed by atoms with Gasteiger partial charge in [0.25, 0.3) is 0 Å². The van der Waals surface area contributed by atoms with Crippen LogP contribution in [0.25, 0.3) is 0 Å². The summed E-state index contributed by atoms with van der Waals surface area (Å²) in [5, 5.41) is 3.34. The Morgan fingerprint density at radius 1 is 1.40 bits per heavy atom. The van der Waals surface area contributed by atoms with E-state index < -0.39 is 0 Å². The molecule has 2 rings (SSSR count). The zero-order valence-electron chi connectivity index (χ0n) is 13.2. The lowest BCUT2D eigenvalue weighted by Gasteiger charge is -2.28. The number of hydrogen-bond acceptors (Lipinski definition) is 5. The second kappa shape index (κ2) is 6.88. The highest BCUT2D eigenvalue weighted by Gasteiger charge is 2.23. The van der Waals surface area contributed by atoms with Crippen LogP contribution in [0.2, 0.25) is 0 Å². The SMILES string of the molecule is CCNc1ncnc(N(C)CC2CCCN2C)c1CC. The van der Waals surface area contributed by atoms with Crippen LogP contribution in [0, 0.1) is 0 Å². The molecule has 0 bridgehead atoms. The molecule has 20 heavy (non-hydrogen) atoms. The molecule has 0 radical (unpaired) electrons. The monoisotopic (exact) mass is 277 g/mol. The van der Waals surface area contributed by atoms with Gasteiger partial charge < -0.3 is 15.1 Å². The molecule has 0 spiro atoms. The predicted molar refractivity (Wildman–Crippen MR) is 84.5 cm³/mol. The van der Waals surface area contributed by atoms with E-state index in [-0.39, 0.29) is 0 Å². The summed E-state index contributed by atoms with van der Waals surface area (Å²) in [6.45, 7) is 7.40. The third kappa shape index (κ3) is 3.20. The van der Waals surface area contributed by atoms with E-state index in [1.807, 2.05) is 0 Å². The summed E-state index contributed by atoms with van der Waals surface area (Å²) in [6.07, 6.45) is 5.21. The Morgan fingerprint density at radius 2 is 2.20 bits per heavy atom. The molecule has 2 heterocycles. The van der Waals surface area contributed by atoms with Crippen LogP contribution in [0.5, 0.6) is 0 Å². The molecule has 0 saturated carbocycles. The summed E-state index contributed by atoms with van der Waals surface area (Å²) in [4.78, 5) is 13.6. The zero-order chi connectivity index (χ0) is 14.5. The molecule has 1 N–H and O–H groups in total. The molecule has 5 nitrogen and oxygen atoms in total. The lowest BCUT2D eigenvalue weighted by atomic mass is 10.1. The summed E-state index contributed by atoms with van der Waals surface area (Å²) in [5.74, 6) is 2.05. The highest BCUT2D eigenvalue weighted by Crippen LogP contribution is 2.25. The molecule has 1 aromatic heterocycles. The van der Waals surface area contributed by atoms with Crippen LogP contribution in [0.15, 0.2) is 6.33 Å². The molecular weight excluding hydrogens is 250 g/mol. The van der Waals surface area contributed by atoms with Crippen LogP contribution in [0.3, 0.4) is 0 Å². The first-order chi connectivity index (χ1) is 9.67. The van der Waals surface area contributed by atoms with Crippen molar-refractivity contribution in [1.29, 1.82) is 0 Å². The number of rotatable bonds is 6. The first-order valence-corrected chi connectivity index (χ1v) is 7.66. The smallest absolute Gasteiger partial charge is 0.137 e. The molecule has 1 unspecified atom stereocenters. The van der Waals surface area contributed by atoms with Gasteiger partial charge in [-0.15, -0.1) is 0 Å². The van der Waals surface area contributed by atoms with Crippen molar-refractivity contribution in [2.45, 2.75) is 39.2 Å². The van der Waals surface area contributed by atoms with E-state index in [2.05, 4.69) is 53.0 Å². The van der Waals surface area contributed by atoms with Crippen LogP contribution < -0.4 is 10.2 Å². The van der Waals surface area contributed by atoms with Crippen molar-refractivity contribution in [3.05, 3.63) is 11.9 Å². The standard InChI is InChI=1S/C15H27N5/c1-5-13-14(16-6-2)17-11-18-15(13)20(4)10-12-8-7-9-19(12)3/h11-12H,5-10H2,1-4H3,(H,16,17,18). The summed E-state index contributed by atoms with van der Waals surface area (Å²) < 4.78 is 0. The number of nitrogens with one attached hydrogen (secondary N) is 1. The van der Waals surface area contributed by atoms with Crippen LogP contribution in [0.4, 0.5) is 11.6 Å². The molecular formula is C15H27N5. The topological polar surface area (TPSA) is 44.3 Å². The van der Waals surface area contributed by atoms with E-state index in [9.17, 15) is 0 Å². The van der Waals surface area contributed by atoms with Gasteiger partial charge in [0.2, 0.25) is 0 Å². The molecule has 112 valence electrons. The fourth-order valence-electron chi connectivity index (χ4n) is 2.99. The van der Waals surface area contributed by atoms with Gasteiger partial charge in [0.1, 0.15) is 18.0 Å². The summed E-state index contributed by atoms with van der Waals surface area (Å²) in [5.41, 5.74) is 1.22. The fourth-order valence-corrected chi connectivity index (χ4v) is 2.99. The molecule has 1 aromatic rings. The van der Waals surface area contributed by atoms with Gasteiger partial charge in [0.05, 0.1) is 0 Å². The van der Waals surface area contributed by atoms with Crippen LogP contribution in [-0.2, 0) is 6.42 Å². The molecule has 0 amide bonds. The van der Waals surface area contributed by atoms with Crippen LogP contribution >= 0.6 is 0 Å². The number of nitrogens with zero attached hydrogens (tertiary/aromatic N) is 4. The van der Waals surface area contributed by atoms with E-state index in [1.54, 1.807) is 6.33 Å². The van der Waals surface area contributed by atoms with Crippen molar-refractivity contribution in [1.82, 2.24) is 14.9 Å². The van der Waals surface area contributed by atoms with Gasteiger partial charge in [-0.2, -0.15) is 0 Å². The first kappa shape index (κ1) is 15.0. The number of anilines is 2. The Bertz CT molecular complexity index is 434. The lowest BCUT2D eigenvalue weighted by Crippen LogP contribution is -2.37. The van der Waals surface area contributed by atoms with Gasteiger partial charge >= 0.3 is 0 Å². The molecule has 1 aliphatic rings. The fraction of sp³-hybridized carbons (Fsp3) is 0.733. The average molecular weight is 277 g/mol. The summed E-state index contributed by atoms with van der Waals surface area (Å²) in [6, 6.07) is 0.641. The largest absolute Gasteiger partial charge is 0.370 e. The Kier molecular flexibility index (Phi) is 5.17. The van der Waals surface area contributed by atoms with Gasteiger partial charge in [-0.3, -0.25) is 0 Å². The van der Waals surface area contributed by atoms with E-state index in [0.717, 1.165) is 31.1 Å². The summed E-state index contributed by atoms with van der Waals surface area (Å²) >= 11 is 0. The van der Waals surface area contributed by atoms with Gasteiger partial charge in [-0.05, 0) is 39.8 Å². The number of likely N-dealkylation sites (N-methyl/N-ethyl adjacent to an activating group) is 2. The van der Waals surface area contributed by atoms with Crippen LogP contribution in [0.1, 0.15) is 32.3 Å². The minimum Gasteiger partial charge on any atom is -0.370 e. The van der Waals surface area contributed by atoms with Gasteiger partial charge in [-0.1, -0.05) is 6.92 Å². The van der Waals surface area contributed by atoms with Gasteiger partial charge in [0.15, 0.2) is 0 Å². The third-order valence-corrected chi connectivity index (χ3v) is 4.14. The molecule has 1 aliphatic heterocycles. The van der Waals surface area contributed by atoms with E-state index in [0.29, 0.717) is 6.04 Å². The predicted octanol–water partition coefficient (Wildman–Crippen LogP) is 2.00. The van der Waals surface area contributed by atoms with E-state index in [1.165, 1.54) is 24.9 Å².